The minimum absolute atomic E-state index is 0. The van der Waals surface area contributed by atoms with Gasteiger partial charge in [-0.05, 0) is 107 Å². The zero-order valence-electron chi connectivity index (χ0n) is 40.5. The summed E-state index contributed by atoms with van der Waals surface area (Å²) in [5, 5.41) is 95.5. The van der Waals surface area contributed by atoms with Crippen molar-refractivity contribution in [2.45, 2.75) is 29.4 Å². The third kappa shape index (κ3) is 19.5. The zero-order valence-corrected chi connectivity index (χ0v) is 57.4. The minimum Gasteiger partial charge on any atom is -0.744 e. The number of amides is 3. The summed E-state index contributed by atoms with van der Waals surface area (Å²) < 4.78 is 88.8. The number of phenols is 3. The van der Waals surface area contributed by atoms with Crippen molar-refractivity contribution in [3.8, 4) is 17.2 Å². The number of phenolic OH excluding ortho intramolecular Hbond substituents is 3. The summed E-state index contributed by atoms with van der Waals surface area (Å²) >= 11 is 1.26. The second kappa shape index (κ2) is 34.1. The van der Waals surface area contributed by atoms with Gasteiger partial charge in [-0.2, -0.15) is 17.3 Å². The molecule has 0 saturated heterocycles. The number of aromatic hydroxyl groups is 3. The van der Waals surface area contributed by atoms with Gasteiger partial charge in [0.2, 0.25) is 0 Å². The third-order valence-electron chi connectivity index (χ3n) is 9.60. The third-order valence-corrected chi connectivity index (χ3v) is 13.4. The van der Waals surface area contributed by atoms with E-state index in [0.717, 1.165) is 60.7 Å². The minimum atomic E-state index is -5.18. The van der Waals surface area contributed by atoms with Gasteiger partial charge in [0.15, 0.2) is 0 Å². The van der Waals surface area contributed by atoms with Gasteiger partial charge in [0.1, 0.15) is 37.5 Å². The standard InChI is InChI=1S/C39H27N3O24S6.6Na/c43-31-13-25(70-66-62-52)5-16-4-22(67-63-59-49)10-28(34(16)31)40-37(46)19-1-20(38(47)41-29-11-23(68-64-60-50)6-17-8-26(71(53,54)55)14-32(44)35(17)29)3-21(2-19)39(48)42-30-12-24(69-65-61-51)7-18-9-27(72(56,57)58)15-33(45)36(18)30;;;;;;/h1-15,43-45,49-52H,(H,40,46)(H,41,47)(H,42,48)(H,53,54,55)(H,56,57,58);;;;;;/q;6*+1/p-6. The summed E-state index contributed by atoms with van der Waals surface area (Å²) in [5.74, 6) is -5.66. The molecule has 0 aliphatic heterocycles. The van der Waals surface area contributed by atoms with Crippen molar-refractivity contribution >= 4 is 136 Å². The Labute approximate surface area is 588 Å². The van der Waals surface area contributed by atoms with Crippen LogP contribution in [0.5, 0.6) is 17.2 Å². The van der Waals surface area contributed by atoms with E-state index in [2.05, 4.69) is 53.4 Å². The average Bonchev–Trinajstić information content (AvgIpc) is 3.32. The van der Waals surface area contributed by atoms with Gasteiger partial charge in [-0.1, -0.05) is 0 Å². The maximum Gasteiger partial charge on any atom is 1.00 e. The van der Waals surface area contributed by atoms with Crippen LogP contribution in [0, 0.1) is 0 Å². The van der Waals surface area contributed by atoms with Crippen molar-refractivity contribution in [1.29, 1.82) is 0 Å². The van der Waals surface area contributed by atoms with Crippen LogP contribution in [0.3, 0.4) is 0 Å². The monoisotopic (exact) mass is 1240 g/mol. The maximum absolute atomic E-state index is 14.4. The Bertz CT molecular complexity index is 3390. The van der Waals surface area contributed by atoms with Crippen molar-refractivity contribution < 1.29 is 292 Å². The number of carbonyl (C=O) groups is 3. The predicted octanol–water partition coefficient (Wildman–Crippen LogP) is -15.2. The molecule has 0 fully saturated rings. The summed E-state index contributed by atoms with van der Waals surface area (Å²) in [5.41, 5.74) is -2.44. The molecule has 0 aromatic heterocycles. The smallest absolute Gasteiger partial charge is 0.744 e. The molecule has 0 heterocycles. The fraction of sp³-hybridized carbons (Fsp3) is 0. The molecular formula is C39H21N3Na6O24S6. The Hall–Kier alpha value is -0.130. The Kier molecular flexibility index (Phi) is 33.2. The number of benzene rings is 7. The van der Waals surface area contributed by atoms with E-state index < -0.39 is 81.7 Å². The normalized spacial score (nSPS) is 10.9. The molecule has 39 heteroatoms. The SMILES string of the molecule is O=C(Nc1cc(SOO[O-])cc2cc(SOO[O-])cc(O)c12)c1cc(C(=O)Nc2cc(SOO[O-])cc3cc(S(=O)(=O)[O-])cc(O)c23)cc(C(=O)Nc2cc(SOO[O-])cc3cc(S(=O)(=O)[O-])cc(O)c23)c1.[Na+].[Na+].[Na+].[Na+].[Na+].[Na+]. The van der Waals surface area contributed by atoms with E-state index in [1.165, 1.54) is 18.2 Å². The van der Waals surface area contributed by atoms with E-state index in [1.54, 1.807) is 0 Å². The zero-order chi connectivity index (χ0) is 52.1. The molecule has 0 aliphatic carbocycles. The summed E-state index contributed by atoms with van der Waals surface area (Å²) in [4.78, 5) is 41.2. The number of hydrogen-bond acceptors (Lipinski definition) is 28. The molecule has 78 heavy (non-hydrogen) atoms. The molecule has 0 spiro atoms. The van der Waals surface area contributed by atoms with Crippen LogP contribution in [-0.4, -0.2) is 59.0 Å². The van der Waals surface area contributed by atoms with E-state index in [-0.39, 0.29) is 270 Å². The Morgan fingerprint density at radius 1 is 0.385 bits per heavy atom. The van der Waals surface area contributed by atoms with Crippen molar-refractivity contribution in [3.05, 3.63) is 108 Å². The Morgan fingerprint density at radius 3 is 0.885 bits per heavy atom. The van der Waals surface area contributed by atoms with Crippen LogP contribution in [0.1, 0.15) is 31.1 Å². The number of rotatable bonds is 20. The number of nitrogens with one attached hydrogen (secondary N) is 3. The van der Waals surface area contributed by atoms with Crippen LogP contribution in [0.4, 0.5) is 17.1 Å². The Balaban J connectivity index is 0.00000507. The van der Waals surface area contributed by atoms with Crippen molar-refractivity contribution in [2.24, 2.45) is 0 Å². The van der Waals surface area contributed by atoms with Gasteiger partial charge in [-0.15, -0.1) is 0 Å². The second-order valence-electron chi connectivity index (χ2n) is 14.0. The van der Waals surface area contributed by atoms with Gasteiger partial charge in [0, 0.05) is 52.4 Å². The van der Waals surface area contributed by atoms with Gasteiger partial charge in [0.25, 0.3) is 17.7 Å². The molecule has 7 rings (SSSR count). The molecule has 0 bridgehead atoms. The van der Waals surface area contributed by atoms with Crippen LogP contribution in [0.25, 0.3) is 32.3 Å². The number of anilines is 3. The molecule has 0 aliphatic rings. The van der Waals surface area contributed by atoms with Crippen LogP contribution >= 0.6 is 48.2 Å². The molecule has 0 atom stereocenters. The molecule has 3 amide bonds. The van der Waals surface area contributed by atoms with E-state index in [9.17, 15) is 76.7 Å². The van der Waals surface area contributed by atoms with Crippen LogP contribution in [-0.2, 0) is 57.7 Å². The van der Waals surface area contributed by atoms with E-state index in [0.29, 0.717) is 36.2 Å². The van der Waals surface area contributed by atoms with Crippen LogP contribution in [0.15, 0.2) is 120 Å². The molecular weight excluding hydrogens is 1220 g/mol. The number of hydrogen-bond donors (Lipinski definition) is 6. The maximum atomic E-state index is 14.4. The molecule has 6 N–H and O–H groups in total. The average molecular weight is 1250 g/mol. The molecule has 0 unspecified atom stereocenters. The van der Waals surface area contributed by atoms with E-state index in [1.807, 2.05) is 0 Å². The van der Waals surface area contributed by atoms with Crippen LogP contribution < -0.4 is 214 Å². The summed E-state index contributed by atoms with van der Waals surface area (Å²) in [6, 6.07) is 15.2. The predicted molar refractivity (Wildman–Crippen MR) is 235 cm³/mol. The molecule has 27 nitrogen and oxygen atoms in total. The molecule has 0 saturated carbocycles. The first-order valence-electron chi connectivity index (χ1n) is 18.7. The van der Waals surface area contributed by atoms with Crippen LogP contribution in [0.2, 0.25) is 0 Å². The van der Waals surface area contributed by atoms with Crippen molar-refractivity contribution in [3.63, 3.8) is 0 Å². The van der Waals surface area contributed by atoms with Gasteiger partial charge in [-0.3, -0.25) is 34.5 Å². The number of carbonyl (C=O) groups excluding carboxylic acids is 3. The fourth-order valence-electron chi connectivity index (χ4n) is 6.91. The van der Waals surface area contributed by atoms with Gasteiger partial charge in [-0.25, -0.2) is 16.8 Å². The first kappa shape index (κ1) is 75.9. The summed E-state index contributed by atoms with van der Waals surface area (Å²) in [7, 11) is -10.4. The fourth-order valence-corrected chi connectivity index (χ4v) is 9.75. The second-order valence-corrected chi connectivity index (χ2v) is 19.8. The Morgan fingerprint density at radius 2 is 0.628 bits per heavy atom. The molecule has 7 aromatic rings. The molecule has 0 radical (unpaired) electrons. The first-order valence-corrected chi connectivity index (χ1v) is 24.5. The molecule has 378 valence electrons. The van der Waals surface area contributed by atoms with E-state index >= 15 is 0 Å². The van der Waals surface area contributed by atoms with E-state index in [4.69, 9.17) is 0 Å². The molecule has 7 aromatic carbocycles. The van der Waals surface area contributed by atoms with Gasteiger partial charge < -0.3 is 61.4 Å². The summed E-state index contributed by atoms with van der Waals surface area (Å²) in [6.45, 7) is 0. The summed E-state index contributed by atoms with van der Waals surface area (Å²) in [6.07, 6.45) is 0. The van der Waals surface area contributed by atoms with Gasteiger partial charge in [0.05, 0.1) is 75.0 Å². The number of fused-ring (bicyclic) bond motifs is 3. The van der Waals surface area contributed by atoms with Gasteiger partial charge >= 0.3 is 177 Å². The topological polar surface area (TPSA) is 428 Å². The quantitative estimate of drug-likeness (QED) is 0.0136. The first-order chi connectivity index (χ1) is 34.2. The van der Waals surface area contributed by atoms with Crippen molar-refractivity contribution in [2.75, 3.05) is 16.0 Å². The van der Waals surface area contributed by atoms with Crippen molar-refractivity contribution in [1.82, 2.24) is 0 Å². The largest absolute Gasteiger partial charge is 1.00 e.